The van der Waals surface area contributed by atoms with Gasteiger partial charge in [-0.2, -0.15) is 0 Å². The molecule has 7 heteroatoms. The van der Waals surface area contributed by atoms with E-state index in [1.165, 1.54) is 12.0 Å². The van der Waals surface area contributed by atoms with Gasteiger partial charge in [0.2, 0.25) is 11.8 Å². The molecule has 1 aliphatic carbocycles. The summed E-state index contributed by atoms with van der Waals surface area (Å²) in [5.74, 6) is -0.0405. The topological polar surface area (TPSA) is 95.7 Å². The highest BCUT2D eigenvalue weighted by Gasteiger charge is 2.42. The second kappa shape index (κ2) is 6.39. The standard InChI is InChI=1S/C21H26N4O3/c22-21-6-5-14(8-21)10-24(12-21)9-13-1-2-16-15(7-13)11-25(20(16)28)17-3-4-18(26)23-19(17)27/h1-2,7,14,17H,3-6,8-12,22H2,(H,23,26,27). The van der Waals surface area contributed by atoms with Gasteiger partial charge in [0.05, 0.1) is 0 Å². The molecule has 2 bridgehead atoms. The summed E-state index contributed by atoms with van der Waals surface area (Å²) < 4.78 is 0. The van der Waals surface area contributed by atoms with Crippen LogP contribution in [0.25, 0.3) is 0 Å². The number of hydrogen-bond acceptors (Lipinski definition) is 5. The minimum Gasteiger partial charge on any atom is -0.324 e. The highest BCUT2D eigenvalue weighted by molar-refractivity contribution is 6.05. The lowest BCUT2D eigenvalue weighted by Gasteiger charge is -2.37. The Hall–Kier alpha value is -2.25. The lowest BCUT2D eigenvalue weighted by molar-refractivity contribution is -0.136. The normalized spacial score (nSPS) is 32.6. The number of rotatable bonds is 3. The van der Waals surface area contributed by atoms with E-state index in [0.29, 0.717) is 24.4 Å². The predicted molar refractivity (Wildman–Crippen MR) is 102 cm³/mol. The second-order valence-corrected chi connectivity index (χ2v) is 9.03. The molecule has 1 saturated carbocycles. The smallest absolute Gasteiger partial charge is 0.255 e. The summed E-state index contributed by atoms with van der Waals surface area (Å²) in [5.41, 5.74) is 9.31. The number of nitrogens with one attached hydrogen (secondary N) is 1. The maximum Gasteiger partial charge on any atom is 0.255 e. The van der Waals surface area contributed by atoms with E-state index in [1.54, 1.807) is 4.90 Å². The summed E-state index contributed by atoms with van der Waals surface area (Å²) in [6, 6.07) is 5.44. The molecule has 0 radical (unpaired) electrons. The summed E-state index contributed by atoms with van der Waals surface area (Å²) in [7, 11) is 0. The molecule has 3 amide bonds. The fraction of sp³-hybridized carbons (Fsp3) is 0.571. The van der Waals surface area contributed by atoms with Crippen LogP contribution in [0.2, 0.25) is 0 Å². The zero-order valence-corrected chi connectivity index (χ0v) is 15.9. The summed E-state index contributed by atoms with van der Waals surface area (Å²) >= 11 is 0. The fourth-order valence-electron chi connectivity index (χ4n) is 5.55. The van der Waals surface area contributed by atoms with Crippen LogP contribution >= 0.6 is 0 Å². The van der Waals surface area contributed by atoms with Gasteiger partial charge in [0.1, 0.15) is 6.04 Å². The number of benzene rings is 1. The molecule has 3 N–H and O–H groups in total. The van der Waals surface area contributed by atoms with Gasteiger partial charge in [-0.25, -0.2) is 0 Å². The van der Waals surface area contributed by atoms with E-state index in [1.807, 2.05) is 12.1 Å². The monoisotopic (exact) mass is 382 g/mol. The number of carbonyl (C=O) groups excluding carboxylic acids is 3. The molecule has 28 heavy (non-hydrogen) atoms. The number of carbonyl (C=O) groups is 3. The number of piperidine rings is 2. The third-order valence-electron chi connectivity index (χ3n) is 6.79. The van der Waals surface area contributed by atoms with Crippen molar-refractivity contribution in [3.8, 4) is 0 Å². The van der Waals surface area contributed by atoms with Crippen LogP contribution in [-0.2, 0) is 22.7 Å². The van der Waals surface area contributed by atoms with Crippen LogP contribution in [0.5, 0.6) is 0 Å². The summed E-state index contributed by atoms with van der Waals surface area (Å²) in [4.78, 5) is 40.4. The highest BCUT2D eigenvalue weighted by Crippen LogP contribution is 2.38. The van der Waals surface area contributed by atoms with Crippen molar-refractivity contribution < 1.29 is 14.4 Å². The molecule has 3 atom stereocenters. The lowest BCUT2D eigenvalue weighted by Crippen LogP contribution is -2.52. The van der Waals surface area contributed by atoms with Crippen molar-refractivity contribution in [1.82, 2.24) is 15.1 Å². The Morgan fingerprint density at radius 3 is 2.86 bits per heavy atom. The zero-order valence-electron chi connectivity index (χ0n) is 15.9. The van der Waals surface area contributed by atoms with Crippen LogP contribution in [0.3, 0.4) is 0 Å². The van der Waals surface area contributed by atoms with Gasteiger partial charge >= 0.3 is 0 Å². The van der Waals surface area contributed by atoms with Gasteiger partial charge < -0.3 is 10.6 Å². The van der Waals surface area contributed by atoms with E-state index in [0.717, 1.165) is 38.0 Å². The van der Waals surface area contributed by atoms with Gasteiger partial charge in [0.15, 0.2) is 0 Å². The Kier molecular flexibility index (Phi) is 4.07. The fourth-order valence-corrected chi connectivity index (χ4v) is 5.55. The van der Waals surface area contributed by atoms with Gasteiger partial charge in [-0.05, 0) is 48.8 Å². The molecule has 3 heterocycles. The molecular weight excluding hydrogens is 356 g/mol. The number of nitrogens with zero attached hydrogens (tertiary/aromatic N) is 2. The molecule has 3 unspecified atom stereocenters. The van der Waals surface area contributed by atoms with E-state index >= 15 is 0 Å². The van der Waals surface area contributed by atoms with Crippen LogP contribution in [-0.4, -0.2) is 52.2 Å². The number of likely N-dealkylation sites (tertiary alicyclic amines) is 1. The van der Waals surface area contributed by atoms with Crippen molar-refractivity contribution >= 4 is 17.7 Å². The average molecular weight is 382 g/mol. The van der Waals surface area contributed by atoms with E-state index in [-0.39, 0.29) is 29.7 Å². The zero-order chi connectivity index (χ0) is 19.5. The Balaban J connectivity index is 1.31. The average Bonchev–Trinajstić information content (AvgIpc) is 3.10. The van der Waals surface area contributed by atoms with Crippen molar-refractivity contribution in [3.05, 3.63) is 34.9 Å². The minimum absolute atomic E-state index is 0.0296. The third kappa shape index (κ3) is 3.02. The van der Waals surface area contributed by atoms with Gasteiger partial charge in [0, 0.05) is 43.7 Å². The molecule has 0 aromatic heterocycles. The molecule has 1 aromatic carbocycles. The number of nitrogens with two attached hydrogens (primary N) is 1. The van der Waals surface area contributed by atoms with Gasteiger partial charge in [0.25, 0.3) is 5.91 Å². The van der Waals surface area contributed by atoms with Crippen LogP contribution in [0.15, 0.2) is 18.2 Å². The first-order chi connectivity index (χ1) is 13.4. The third-order valence-corrected chi connectivity index (χ3v) is 6.79. The second-order valence-electron chi connectivity index (χ2n) is 9.03. The van der Waals surface area contributed by atoms with E-state index < -0.39 is 6.04 Å². The van der Waals surface area contributed by atoms with E-state index in [4.69, 9.17) is 5.73 Å². The first kappa shape index (κ1) is 17.8. The summed E-state index contributed by atoms with van der Waals surface area (Å²) in [6.07, 6.45) is 4.16. The minimum atomic E-state index is -0.559. The number of hydrogen-bond donors (Lipinski definition) is 2. The van der Waals surface area contributed by atoms with Crippen LogP contribution in [0.1, 0.15) is 53.6 Å². The maximum absolute atomic E-state index is 12.8. The molecule has 5 rings (SSSR count). The van der Waals surface area contributed by atoms with Crippen molar-refractivity contribution in [2.45, 2.75) is 56.8 Å². The molecule has 148 valence electrons. The van der Waals surface area contributed by atoms with Crippen LogP contribution in [0.4, 0.5) is 0 Å². The molecule has 3 fully saturated rings. The maximum atomic E-state index is 12.8. The van der Waals surface area contributed by atoms with Gasteiger partial charge in [-0.1, -0.05) is 12.1 Å². The molecule has 2 saturated heterocycles. The number of fused-ring (bicyclic) bond motifs is 3. The first-order valence-electron chi connectivity index (χ1n) is 10.2. The lowest BCUT2D eigenvalue weighted by atomic mass is 9.92. The van der Waals surface area contributed by atoms with Crippen LogP contribution < -0.4 is 11.1 Å². The Morgan fingerprint density at radius 1 is 1.21 bits per heavy atom. The molecule has 1 aromatic rings. The molecular formula is C21H26N4O3. The highest BCUT2D eigenvalue weighted by atomic mass is 16.2. The van der Waals surface area contributed by atoms with Crippen molar-refractivity contribution in [2.24, 2.45) is 11.7 Å². The molecule has 3 aliphatic heterocycles. The Morgan fingerprint density at radius 2 is 2.07 bits per heavy atom. The largest absolute Gasteiger partial charge is 0.324 e. The Labute approximate surface area is 164 Å². The van der Waals surface area contributed by atoms with Crippen molar-refractivity contribution in [3.63, 3.8) is 0 Å². The first-order valence-corrected chi connectivity index (χ1v) is 10.2. The van der Waals surface area contributed by atoms with Gasteiger partial charge in [-0.15, -0.1) is 0 Å². The van der Waals surface area contributed by atoms with E-state index in [2.05, 4.69) is 16.3 Å². The van der Waals surface area contributed by atoms with Crippen molar-refractivity contribution in [2.75, 3.05) is 13.1 Å². The quantitative estimate of drug-likeness (QED) is 0.753. The molecule has 4 aliphatic rings. The molecule has 7 nitrogen and oxygen atoms in total. The van der Waals surface area contributed by atoms with Crippen molar-refractivity contribution in [1.29, 1.82) is 0 Å². The SMILES string of the molecule is NC12CCC(CN(Cc3ccc4c(c3)CN(C3CCC(=O)NC3=O)C4=O)C1)C2. The summed E-state index contributed by atoms with van der Waals surface area (Å²) in [5, 5.41) is 2.35. The number of imide groups is 1. The summed E-state index contributed by atoms with van der Waals surface area (Å²) in [6.45, 7) is 3.30. The predicted octanol–water partition coefficient (Wildman–Crippen LogP) is 0.761. The van der Waals surface area contributed by atoms with Crippen LogP contribution in [0, 0.1) is 5.92 Å². The van der Waals surface area contributed by atoms with E-state index in [9.17, 15) is 14.4 Å². The number of amides is 3. The Bertz CT molecular complexity index is 869. The van der Waals surface area contributed by atoms with Gasteiger partial charge in [-0.3, -0.25) is 24.6 Å². The molecule has 0 spiro atoms.